The van der Waals surface area contributed by atoms with Crippen LogP contribution in [0.2, 0.25) is 0 Å². The van der Waals surface area contributed by atoms with Crippen LogP contribution < -0.4 is 16.0 Å². The van der Waals surface area contributed by atoms with Gasteiger partial charge < -0.3 is 16.0 Å². The van der Waals surface area contributed by atoms with Crippen molar-refractivity contribution in [2.24, 2.45) is 0 Å². The third kappa shape index (κ3) is 7.99. The number of aromatic nitrogens is 2. The third-order valence-electron chi connectivity index (χ3n) is 6.30. The van der Waals surface area contributed by atoms with Gasteiger partial charge in [0.25, 0.3) is 5.91 Å². The zero-order valence-corrected chi connectivity index (χ0v) is 22.4. The van der Waals surface area contributed by atoms with Crippen LogP contribution in [0.5, 0.6) is 0 Å². The first-order chi connectivity index (χ1) is 19.1. The monoisotopic (exact) mass is 518 g/mol. The summed E-state index contributed by atoms with van der Waals surface area (Å²) >= 11 is 0. The summed E-state index contributed by atoms with van der Waals surface area (Å²) in [6, 6.07) is 25.5. The van der Waals surface area contributed by atoms with Crippen molar-refractivity contribution in [3.8, 4) is 23.6 Å². The molecule has 7 nitrogen and oxygen atoms in total. The SMILES string of the molecule is C#CC.Cc1ccc(NC(=O)c2ccc(CN3CCNCC3)cc2)cc1Nc1nccc(-c2ccccc2)n1. The fourth-order valence-corrected chi connectivity index (χ4v) is 4.24. The van der Waals surface area contributed by atoms with Crippen LogP contribution >= 0.6 is 0 Å². The van der Waals surface area contributed by atoms with Crippen LogP contribution in [0.15, 0.2) is 85.1 Å². The summed E-state index contributed by atoms with van der Waals surface area (Å²) in [6.07, 6.45) is 6.34. The minimum Gasteiger partial charge on any atom is -0.324 e. The molecule has 0 bridgehead atoms. The van der Waals surface area contributed by atoms with Crippen LogP contribution in [-0.2, 0) is 6.54 Å². The number of hydrogen-bond donors (Lipinski definition) is 3. The van der Waals surface area contributed by atoms with E-state index in [0.717, 1.165) is 55.2 Å². The average Bonchev–Trinajstić information content (AvgIpc) is 2.97. The van der Waals surface area contributed by atoms with E-state index >= 15 is 0 Å². The van der Waals surface area contributed by atoms with Gasteiger partial charge in [0, 0.05) is 61.4 Å². The molecule has 3 aromatic carbocycles. The number of carbonyl (C=O) groups is 1. The molecule has 2 heterocycles. The Balaban J connectivity index is 0.00000112. The topological polar surface area (TPSA) is 82.2 Å². The normalized spacial score (nSPS) is 12.9. The number of piperazine rings is 1. The van der Waals surface area contributed by atoms with Gasteiger partial charge in [-0.15, -0.1) is 12.3 Å². The molecule has 198 valence electrons. The van der Waals surface area contributed by atoms with Gasteiger partial charge in [0.1, 0.15) is 0 Å². The smallest absolute Gasteiger partial charge is 0.255 e. The number of anilines is 3. The van der Waals surface area contributed by atoms with E-state index in [1.54, 1.807) is 13.1 Å². The number of terminal acetylenes is 1. The van der Waals surface area contributed by atoms with Crippen molar-refractivity contribution in [2.75, 3.05) is 36.8 Å². The van der Waals surface area contributed by atoms with Crippen molar-refractivity contribution in [2.45, 2.75) is 20.4 Å². The lowest BCUT2D eigenvalue weighted by molar-refractivity contribution is 0.102. The lowest BCUT2D eigenvalue weighted by Gasteiger charge is -2.27. The van der Waals surface area contributed by atoms with E-state index in [-0.39, 0.29) is 5.91 Å². The van der Waals surface area contributed by atoms with Gasteiger partial charge in [-0.1, -0.05) is 48.5 Å². The number of hydrogen-bond acceptors (Lipinski definition) is 6. The fourth-order valence-electron chi connectivity index (χ4n) is 4.24. The quantitative estimate of drug-likeness (QED) is 0.281. The lowest BCUT2D eigenvalue weighted by Crippen LogP contribution is -2.42. The van der Waals surface area contributed by atoms with Crippen LogP contribution in [0.25, 0.3) is 11.3 Å². The predicted molar refractivity (Wildman–Crippen MR) is 159 cm³/mol. The largest absolute Gasteiger partial charge is 0.324 e. The molecule has 0 unspecified atom stereocenters. The van der Waals surface area contributed by atoms with Crippen molar-refractivity contribution >= 4 is 23.2 Å². The molecule has 3 N–H and O–H groups in total. The van der Waals surface area contributed by atoms with Crippen LogP contribution in [0.1, 0.15) is 28.4 Å². The molecule has 5 rings (SSSR count). The molecule has 39 heavy (non-hydrogen) atoms. The highest BCUT2D eigenvalue weighted by Crippen LogP contribution is 2.25. The first kappa shape index (κ1) is 27.5. The standard InChI is InChI=1S/C29H30N6O.C3H4/c1-21-7-12-25(19-27(21)34-29-31-14-13-26(33-29)23-5-3-2-4-6-23)32-28(36)24-10-8-22(9-11-24)20-35-17-15-30-16-18-35;1-3-2/h2-14,19,30H,15-18,20H2,1H3,(H,32,36)(H,31,33,34);1H,2H3. The molecule has 0 spiro atoms. The van der Waals surface area contributed by atoms with Gasteiger partial charge in [-0.3, -0.25) is 9.69 Å². The Labute approximate surface area is 230 Å². The summed E-state index contributed by atoms with van der Waals surface area (Å²) in [5.41, 5.74) is 6.29. The van der Waals surface area contributed by atoms with Gasteiger partial charge in [-0.2, -0.15) is 0 Å². The van der Waals surface area contributed by atoms with E-state index in [2.05, 4.69) is 43.2 Å². The van der Waals surface area contributed by atoms with Gasteiger partial charge >= 0.3 is 0 Å². The molecule has 0 saturated carbocycles. The van der Waals surface area contributed by atoms with Crippen molar-refractivity contribution in [3.05, 3.63) is 102 Å². The molecular formula is C32H34N6O. The fraction of sp³-hybridized carbons (Fsp3) is 0.219. The molecule has 1 amide bonds. The van der Waals surface area contributed by atoms with Crippen molar-refractivity contribution in [3.63, 3.8) is 0 Å². The Kier molecular flexibility index (Phi) is 9.79. The molecule has 0 atom stereocenters. The second kappa shape index (κ2) is 13.9. The number of benzene rings is 3. The van der Waals surface area contributed by atoms with Gasteiger partial charge in [-0.05, 0) is 55.3 Å². The molecule has 1 aliphatic heterocycles. The number of carbonyl (C=O) groups excluding carboxylic acids is 1. The molecule has 4 aromatic rings. The van der Waals surface area contributed by atoms with E-state index in [9.17, 15) is 4.79 Å². The maximum Gasteiger partial charge on any atom is 0.255 e. The Morgan fingerprint density at radius 2 is 1.74 bits per heavy atom. The van der Waals surface area contributed by atoms with Crippen LogP contribution in [0, 0.1) is 19.3 Å². The molecule has 1 aromatic heterocycles. The maximum absolute atomic E-state index is 12.9. The summed E-state index contributed by atoms with van der Waals surface area (Å²) in [4.78, 5) is 24.3. The number of aryl methyl sites for hydroxylation is 1. The van der Waals surface area contributed by atoms with E-state index in [4.69, 9.17) is 0 Å². The first-order valence-corrected chi connectivity index (χ1v) is 13.0. The lowest BCUT2D eigenvalue weighted by atomic mass is 10.1. The molecule has 0 aliphatic carbocycles. The minimum atomic E-state index is -0.138. The number of amides is 1. The van der Waals surface area contributed by atoms with Crippen molar-refractivity contribution < 1.29 is 4.79 Å². The highest BCUT2D eigenvalue weighted by atomic mass is 16.1. The zero-order valence-electron chi connectivity index (χ0n) is 22.4. The van der Waals surface area contributed by atoms with E-state index in [0.29, 0.717) is 17.2 Å². The molecule has 1 fully saturated rings. The number of nitrogens with zero attached hydrogens (tertiary/aromatic N) is 3. The van der Waals surface area contributed by atoms with Crippen LogP contribution in [0.4, 0.5) is 17.3 Å². The molecule has 0 radical (unpaired) electrons. The first-order valence-electron chi connectivity index (χ1n) is 13.0. The summed E-state index contributed by atoms with van der Waals surface area (Å²) < 4.78 is 0. The van der Waals surface area contributed by atoms with Gasteiger partial charge in [-0.25, -0.2) is 9.97 Å². The minimum absolute atomic E-state index is 0.138. The van der Waals surface area contributed by atoms with Crippen LogP contribution in [0.3, 0.4) is 0 Å². The number of rotatable bonds is 7. The van der Waals surface area contributed by atoms with E-state index in [1.807, 2.05) is 85.8 Å². The Hall–Kier alpha value is -4.51. The zero-order chi connectivity index (χ0) is 27.5. The third-order valence-corrected chi connectivity index (χ3v) is 6.30. The molecule has 1 saturated heterocycles. The van der Waals surface area contributed by atoms with Crippen molar-refractivity contribution in [1.29, 1.82) is 0 Å². The Morgan fingerprint density at radius 3 is 2.46 bits per heavy atom. The Bertz CT molecular complexity index is 1410. The molecular weight excluding hydrogens is 484 g/mol. The predicted octanol–water partition coefficient (Wildman–Crippen LogP) is 5.49. The van der Waals surface area contributed by atoms with Gasteiger partial charge in [0.2, 0.25) is 5.95 Å². The maximum atomic E-state index is 12.9. The summed E-state index contributed by atoms with van der Waals surface area (Å²) in [5.74, 6) is 2.61. The highest BCUT2D eigenvalue weighted by molar-refractivity contribution is 6.04. The second-order valence-electron chi connectivity index (χ2n) is 9.25. The summed E-state index contributed by atoms with van der Waals surface area (Å²) in [5, 5.41) is 9.68. The Morgan fingerprint density at radius 1 is 1.03 bits per heavy atom. The summed E-state index contributed by atoms with van der Waals surface area (Å²) in [7, 11) is 0. The average molecular weight is 519 g/mol. The van der Waals surface area contributed by atoms with Crippen molar-refractivity contribution in [1.82, 2.24) is 20.2 Å². The highest BCUT2D eigenvalue weighted by Gasteiger charge is 2.12. The van der Waals surface area contributed by atoms with E-state index < -0.39 is 0 Å². The molecule has 7 heteroatoms. The summed E-state index contributed by atoms with van der Waals surface area (Å²) in [6.45, 7) is 8.72. The van der Waals surface area contributed by atoms with E-state index in [1.165, 1.54) is 5.56 Å². The van der Waals surface area contributed by atoms with Gasteiger partial charge in [0.15, 0.2) is 0 Å². The number of nitrogens with one attached hydrogen (secondary N) is 3. The van der Waals surface area contributed by atoms with Crippen LogP contribution in [-0.4, -0.2) is 47.0 Å². The molecule has 1 aliphatic rings. The second-order valence-corrected chi connectivity index (χ2v) is 9.25. The van der Waals surface area contributed by atoms with Gasteiger partial charge in [0.05, 0.1) is 5.69 Å².